The van der Waals surface area contributed by atoms with Gasteiger partial charge in [0, 0.05) is 34.6 Å². The zero-order valence-electron chi connectivity index (χ0n) is 31.0. The summed E-state index contributed by atoms with van der Waals surface area (Å²) in [6.07, 6.45) is 3.67. The van der Waals surface area contributed by atoms with Crippen molar-refractivity contribution in [3.8, 4) is 67.5 Å². The van der Waals surface area contributed by atoms with E-state index in [1.165, 1.54) is 11.1 Å². The summed E-state index contributed by atoms with van der Waals surface area (Å²) in [6, 6.07) is 59.2. The quantitative estimate of drug-likeness (QED) is 0.164. The van der Waals surface area contributed by atoms with Gasteiger partial charge >= 0.3 is 0 Å². The van der Waals surface area contributed by atoms with Gasteiger partial charge < -0.3 is 0 Å². The van der Waals surface area contributed by atoms with Crippen LogP contribution in [0.15, 0.2) is 182 Å². The summed E-state index contributed by atoms with van der Waals surface area (Å²) < 4.78 is 4.39. The Bertz CT molecular complexity index is 2840. The number of para-hydroxylation sites is 2. The second-order valence-electron chi connectivity index (χ2n) is 14.1. The number of imidazole rings is 2. The third kappa shape index (κ3) is 5.67. The first kappa shape index (κ1) is 33.2. The topological polar surface area (TPSA) is 61.4 Å². The Labute approximate surface area is 325 Å². The molecule has 0 aliphatic carbocycles. The number of pyridine rings is 2. The largest absolute Gasteiger partial charge is 0.276 e. The van der Waals surface area contributed by atoms with Gasteiger partial charge in [0.05, 0.1) is 11.4 Å². The van der Waals surface area contributed by atoms with Gasteiger partial charge in [-0.3, -0.25) is 9.13 Å². The summed E-state index contributed by atoms with van der Waals surface area (Å²) in [6.45, 7) is 4.36. The predicted octanol–water partition coefficient (Wildman–Crippen LogP) is 12.1. The van der Waals surface area contributed by atoms with Crippen molar-refractivity contribution in [1.82, 2.24) is 29.1 Å². The maximum Gasteiger partial charge on any atom is 0.164 e. The predicted molar refractivity (Wildman–Crippen MR) is 228 cm³/mol. The van der Waals surface area contributed by atoms with Crippen molar-refractivity contribution in [2.45, 2.75) is 13.8 Å². The number of hydrogen-bond acceptors (Lipinski definition) is 4. The van der Waals surface area contributed by atoms with Crippen molar-refractivity contribution in [2.75, 3.05) is 0 Å². The van der Waals surface area contributed by atoms with E-state index in [1.54, 1.807) is 0 Å². The van der Waals surface area contributed by atoms with Gasteiger partial charge in [0.1, 0.15) is 22.7 Å². The molecule has 0 spiro atoms. The standard InChI is InChI=1S/C50H36N6/c1-33-31-37(47-53-43-21-13-29-51-49(43)55(47)45-23-11-9-19-41(45)35-15-5-3-6-16-35)25-27-39(33)40-28-26-38(32-34(40)2)48-54-44-22-14-30-52-50(44)56(48)46-24-12-10-20-42(46)36-17-7-4-8-18-36/h3-32H,1-2H3. The molecule has 0 amide bonds. The fourth-order valence-electron chi connectivity index (χ4n) is 7.94. The number of aromatic nitrogens is 6. The number of nitrogens with zero attached hydrogens (tertiary/aromatic N) is 6. The van der Waals surface area contributed by atoms with E-state index in [2.05, 4.69) is 156 Å². The molecule has 6 heteroatoms. The van der Waals surface area contributed by atoms with Crippen LogP contribution >= 0.6 is 0 Å². The molecule has 0 N–H and O–H groups in total. The van der Waals surface area contributed by atoms with Crippen molar-refractivity contribution < 1.29 is 0 Å². The van der Waals surface area contributed by atoms with Gasteiger partial charge in [0.2, 0.25) is 0 Å². The Morgan fingerprint density at radius 1 is 0.357 bits per heavy atom. The average Bonchev–Trinajstić information content (AvgIpc) is 3.84. The normalized spacial score (nSPS) is 11.4. The van der Waals surface area contributed by atoms with Gasteiger partial charge in [-0.25, -0.2) is 19.9 Å². The van der Waals surface area contributed by atoms with Gasteiger partial charge in [0.15, 0.2) is 11.3 Å². The minimum absolute atomic E-state index is 0.826. The molecular weight excluding hydrogens is 685 g/mol. The number of hydrogen-bond donors (Lipinski definition) is 0. The Morgan fingerprint density at radius 2 is 0.768 bits per heavy atom. The van der Waals surface area contributed by atoms with Crippen molar-refractivity contribution in [2.24, 2.45) is 0 Å². The molecule has 0 atom stereocenters. The van der Waals surface area contributed by atoms with Crippen molar-refractivity contribution in [1.29, 1.82) is 0 Å². The summed E-state index contributed by atoms with van der Waals surface area (Å²) >= 11 is 0. The fourth-order valence-corrected chi connectivity index (χ4v) is 7.94. The lowest BCUT2D eigenvalue weighted by atomic mass is 9.93. The number of rotatable bonds is 7. The van der Waals surface area contributed by atoms with E-state index >= 15 is 0 Å². The second-order valence-corrected chi connectivity index (χ2v) is 14.1. The van der Waals surface area contributed by atoms with E-state index in [9.17, 15) is 0 Å². The molecule has 10 rings (SSSR count). The fraction of sp³-hybridized carbons (Fsp3) is 0.0400. The van der Waals surface area contributed by atoms with Crippen LogP contribution in [0.2, 0.25) is 0 Å². The second kappa shape index (κ2) is 13.8. The first-order valence-corrected chi connectivity index (χ1v) is 18.8. The summed E-state index contributed by atoms with van der Waals surface area (Å²) in [7, 11) is 0. The van der Waals surface area contributed by atoms with E-state index in [4.69, 9.17) is 19.9 Å². The molecule has 10 aromatic rings. The summed E-state index contributed by atoms with van der Waals surface area (Å²) in [5, 5.41) is 0. The minimum Gasteiger partial charge on any atom is -0.276 e. The molecule has 4 heterocycles. The van der Waals surface area contributed by atoms with Crippen LogP contribution in [0.4, 0.5) is 0 Å². The molecule has 0 bridgehead atoms. The van der Waals surface area contributed by atoms with Crippen LogP contribution in [0.1, 0.15) is 11.1 Å². The average molecular weight is 721 g/mol. The third-order valence-electron chi connectivity index (χ3n) is 10.6. The minimum atomic E-state index is 0.826. The summed E-state index contributed by atoms with van der Waals surface area (Å²) in [5.41, 5.74) is 16.7. The van der Waals surface area contributed by atoms with Crippen LogP contribution in [0, 0.1) is 13.8 Å². The first-order valence-electron chi connectivity index (χ1n) is 18.8. The van der Waals surface area contributed by atoms with Crippen LogP contribution < -0.4 is 0 Å². The molecule has 0 unspecified atom stereocenters. The zero-order chi connectivity index (χ0) is 37.6. The molecule has 6 aromatic carbocycles. The van der Waals surface area contributed by atoms with Crippen LogP contribution in [-0.2, 0) is 0 Å². The highest BCUT2D eigenvalue weighted by Crippen LogP contribution is 2.38. The molecule has 0 aliphatic heterocycles. The van der Waals surface area contributed by atoms with E-state index < -0.39 is 0 Å². The Hall–Kier alpha value is -7.44. The lowest BCUT2D eigenvalue weighted by Crippen LogP contribution is -2.02. The first-order chi connectivity index (χ1) is 27.6. The van der Waals surface area contributed by atoms with Crippen LogP contribution in [0.3, 0.4) is 0 Å². The molecular formula is C50H36N6. The number of aryl methyl sites for hydroxylation is 2. The van der Waals surface area contributed by atoms with Gasteiger partial charge in [-0.05, 0) is 95.8 Å². The van der Waals surface area contributed by atoms with E-state index in [0.29, 0.717) is 0 Å². The smallest absolute Gasteiger partial charge is 0.164 e. The molecule has 0 saturated carbocycles. The molecule has 6 nitrogen and oxygen atoms in total. The maximum absolute atomic E-state index is 5.16. The number of fused-ring (bicyclic) bond motifs is 2. The SMILES string of the molecule is Cc1cc(-c2nc3cccnc3n2-c2ccccc2-c2ccccc2)ccc1-c1ccc(-c2nc3cccnc3n2-c2ccccc2-c2ccccc2)cc1C. The molecule has 0 saturated heterocycles. The van der Waals surface area contributed by atoms with Crippen molar-refractivity contribution in [3.63, 3.8) is 0 Å². The molecule has 0 radical (unpaired) electrons. The monoisotopic (exact) mass is 720 g/mol. The third-order valence-corrected chi connectivity index (χ3v) is 10.6. The molecule has 0 aliphatic rings. The Kier molecular flexibility index (Phi) is 8.15. The highest BCUT2D eigenvalue weighted by atomic mass is 15.1. The van der Waals surface area contributed by atoms with E-state index in [-0.39, 0.29) is 0 Å². The molecule has 266 valence electrons. The van der Waals surface area contributed by atoms with Crippen molar-refractivity contribution in [3.05, 3.63) is 193 Å². The molecule has 4 aromatic heterocycles. The highest BCUT2D eigenvalue weighted by molar-refractivity contribution is 5.87. The molecule has 0 fully saturated rings. The van der Waals surface area contributed by atoms with Crippen molar-refractivity contribution >= 4 is 22.3 Å². The molecule has 56 heavy (non-hydrogen) atoms. The van der Waals surface area contributed by atoms with E-state index in [0.717, 1.165) is 89.9 Å². The maximum atomic E-state index is 5.16. The van der Waals surface area contributed by atoms with E-state index in [1.807, 2.05) is 48.8 Å². The van der Waals surface area contributed by atoms with Crippen LogP contribution in [-0.4, -0.2) is 29.1 Å². The van der Waals surface area contributed by atoms with Gasteiger partial charge in [0.25, 0.3) is 0 Å². The van der Waals surface area contributed by atoms with Crippen LogP contribution in [0.5, 0.6) is 0 Å². The van der Waals surface area contributed by atoms with Gasteiger partial charge in [-0.1, -0.05) is 121 Å². The number of benzene rings is 6. The van der Waals surface area contributed by atoms with Crippen LogP contribution in [0.25, 0.3) is 89.9 Å². The summed E-state index contributed by atoms with van der Waals surface area (Å²) in [4.78, 5) is 20.0. The van der Waals surface area contributed by atoms with Gasteiger partial charge in [-0.2, -0.15) is 0 Å². The zero-order valence-corrected chi connectivity index (χ0v) is 31.0. The summed E-state index contributed by atoms with van der Waals surface area (Å²) in [5.74, 6) is 1.71. The Balaban J connectivity index is 1.06. The lowest BCUT2D eigenvalue weighted by Gasteiger charge is -2.17. The Morgan fingerprint density at radius 3 is 1.20 bits per heavy atom. The van der Waals surface area contributed by atoms with Gasteiger partial charge in [-0.15, -0.1) is 0 Å². The highest BCUT2D eigenvalue weighted by Gasteiger charge is 2.21. The lowest BCUT2D eigenvalue weighted by molar-refractivity contribution is 1.08.